The Morgan fingerprint density at radius 1 is 1.06 bits per heavy atom. The van der Waals surface area contributed by atoms with Gasteiger partial charge in [0.1, 0.15) is 5.82 Å². The van der Waals surface area contributed by atoms with E-state index in [1.54, 1.807) is 35.1 Å². The van der Waals surface area contributed by atoms with Gasteiger partial charge in [-0.25, -0.2) is 4.98 Å². The number of nitrogens with zero attached hydrogens (tertiary/aromatic N) is 3. The molecule has 3 heterocycles. The van der Waals surface area contributed by atoms with Crippen LogP contribution in [0.3, 0.4) is 0 Å². The van der Waals surface area contributed by atoms with E-state index in [2.05, 4.69) is 9.97 Å². The summed E-state index contributed by atoms with van der Waals surface area (Å²) in [5.74, 6) is 0.870. The summed E-state index contributed by atoms with van der Waals surface area (Å²) in [5, 5.41) is 9.80. The molecule has 78 valence electrons. The Morgan fingerprint density at radius 3 is 2.81 bits per heavy atom. The van der Waals surface area contributed by atoms with Gasteiger partial charge in [0.2, 0.25) is 0 Å². The summed E-state index contributed by atoms with van der Waals surface area (Å²) in [7, 11) is 0. The van der Waals surface area contributed by atoms with Crippen LogP contribution < -0.4 is 0 Å². The third-order valence-corrected chi connectivity index (χ3v) is 2.45. The molecule has 0 aromatic carbocycles. The van der Waals surface area contributed by atoms with E-state index in [0.717, 1.165) is 11.1 Å². The summed E-state index contributed by atoms with van der Waals surface area (Å²) in [5.41, 5.74) is 1.74. The van der Waals surface area contributed by atoms with Gasteiger partial charge < -0.3 is 5.11 Å². The van der Waals surface area contributed by atoms with Crippen LogP contribution in [0.15, 0.2) is 48.9 Å². The van der Waals surface area contributed by atoms with E-state index in [0.29, 0.717) is 5.82 Å². The van der Waals surface area contributed by atoms with E-state index in [9.17, 15) is 5.11 Å². The number of aromatic nitrogens is 3. The molecule has 0 radical (unpaired) electrons. The quantitative estimate of drug-likeness (QED) is 0.670. The molecule has 0 unspecified atom stereocenters. The Bertz CT molecular complexity index is 631. The van der Waals surface area contributed by atoms with Crippen molar-refractivity contribution in [3.63, 3.8) is 0 Å². The highest BCUT2D eigenvalue weighted by atomic mass is 16.3. The highest BCUT2D eigenvalue weighted by molar-refractivity contribution is 5.62. The standard InChI is InChI=1S/C12H9N3O/c16-11-5-1-4-10-8-14-12(15(10)11)9-3-2-6-13-7-9/h1-8,16H. The molecule has 3 aromatic rings. The summed E-state index contributed by atoms with van der Waals surface area (Å²) in [6, 6.07) is 9.07. The fraction of sp³-hybridized carbons (Fsp3) is 0. The van der Waals surface area contributed by atoms with Crippen LogP contribution in [0.5, 0.6) is 5.88 Å². The second-order valence-electron chi connectivity index (χ2n) is 3.47. The molecule has 4 heteroatoms. The molecule has 0 aliphatic heterocycles. The lowest BCUT2D eigenvalue weighted by Crippen LogP contribution is -1.90. The molecule has 4 nitrogen and oxygen atoms in total. The summed E-state index contributed by atoms with van der Waals surface area (Å²) < 4.78 is 1.69. The number of hydrogen-bond acceptors (Lipinski definition) is 3. The minimum absolute atomic E-state index is 0.175. The van der Waals surface area contributed by atoms with Crippen molar-refractivity contribution in [3.05, 3.63) is 48.9 Å². The highest BCUT2D eigenvalue weighted by Crippen LogP contribution is 2.23. The molecule has 0 aliphatic rings. The average Bonchev–Trinajstić information content (AvgIpc) is 2.75. The minimum Gasteiger partial charge on any atom is -0.494 e. The molecule has 0 saturated heterocycles. The van der Waals surface area contributed by atoms with Gasteiger partial charge in [-0.05, 0) is 24.3 Å². The molecule has 3 rings (SSSR count). The number of imidazole rings is 1. The van der Waals surface area contributed by atoms with E-state index in [1.807, 2.05) is 18.2 Å². The molecule has 0 amide bonds. The second-order valence-corrected chi connectivity index (χ2v) is 3.47. The van der Waals surface area contributed by atoms with Crippen LogP contribution in [-0.4, -0.2) is 19.5 Å². The van der Waals surface area contributed by atoms with Crippen molar-refractivity contribution in [1.82, 2.24) is 14.4 Å². The number of pyridine rings is 2. The van der Waals surface area contributed by atoms with E-state index in [-0.39, 0.29) is 5.88 Å². The Hall–Kier alpha value is -2.36. The lowest BCUT2D eigenvalue weighted by Gasteiger charge is -2.02. The smallest absolute Gasteiger partial charge is 0.197 e. The third-order valence-electron chi connectivity index (χ3n) is 2.45. The molecular formula is C12H9N3O. The van der Waals surface area contributed by atoms with Gasteiger partial charge in [0, 0.05) is 18.0 Å². The molecule has 0 spiro atoms. The summed E-state index contributed by atoms with van der Waals surface area (Å²) in [6.45, 7) is 0. The summed E-state index contributed by atoms with van der Waals surface area (Å²) in [4.78, 5) is 8.33. The zero-order chi connectivity index (χ0) is 11.0. The second kappa shape index (κ2) is 3.34. The normalized spacial score (nSPS) is 10.8. The molecule has 16 heavy (non-hydrogen) atoms. The highest BCUT2D eigenvalue weighted by Gasteiger charge is 2.08. The van der Waals surface area contributed by atoms with Crippen LogP contribution in [0.25, 0.3) is 16.9 Å². The van der Waals surface area contributed by atoms with Gasteiger partial charge in [0.25, 0.3) is 0 Å². The molecule has 0 atom stereocenters. The molecule has 0 aliphatic carbocycles. The van der Waals surface area contributed by atoms with Crippen LogP contribution in [0.2, 0.25) is 0 Å². The van der Waals surface area contributed by atoms with Crippen molar-refractivity contribution in [1.29, 1.82) is 0 Å². The van der Waals surface area contributed by atoms with Crippen molar-refractivity contribution in [2.45, 2.75) is 0 Å². The van der Waals surface area contributed by atoms with Crippen molar-refractivity contribution >= 4 is 5.52 Å². The monoisotopic (exact) mass is 211 g/mol. The Kier molecular flexibility index (Phi) is 1.86. The predicted molar refractivity (Wildman–Crippen MR) is 60.1 cm³/mol. The van der Waals surface area contributed by atoms with Gasteiger partial charge in [-0.3, -0.25) is 9.38 Å². The Labute approximate surface area is 91.8 Å². The van der Waals surface area contributed by atoms with Crippen LogP contribution in [0.4, 0.5) is 0 Å². The van der Waals surface area contributed by atoms with Gasteiger partial charge >= 0.3 is 0 Å². The predicted octanol–water partition coefficient (Wildman–Crippen LogP) is 2.10. The van der Waals surface area contributed by atoms with Crippen molar-refractivity contribution < 1.29 is 5.11 Å². The van der Waals surface area contributed by atoms with Crippen molar-refractivity contribution in [2.24, 2.45) is 0 Å². The lowest BCUT2D eigenvalue weighted by molar-refractivity contribution is 0.447. The van der Waals surface area contributed by atoms with Crippen LogP contribution >= 0.6 is 0 Å². The molecule has 0 fully saturated rings. The van der Waals surface area contributed by atoms with Gasteiger partial charge in [-0.2, -0.15) is 0 Å². The van der Waals surface area contributed by atoms with E-state index >= 15 is 0 Å². The Balaban J connectivity index is 2.33. The van der Waals surface area contributed by atoms with E-state index in [1.165, 1.54) is 0 Å². The number of hydrogen-bond donors (Lipinski definition) is 1. The van der Waals surface area contributed by atoms with Gasteiger partial charge in [0.15, 0.2) is 5.88 Å². The minimum atomic E-state index is 0.175. The Morgan fingerprint density at radius 2 is 2.00 bits per heavy atom. The average molecular weight is 211 g/mol. The lowest BCUT2D eigenvalue weighted by atomic mass is 10.3. The SMILES string of the molecule is Oc1cccc2cnc(-c3cccnc3)n12. The molecule has 0 bridgehead atoms. The largest absolute Gasteiger partial charge is 0.494 e. The maximum absolute atomic E-state index is 9.80. The van der Waals surface area contributed by atoms with Crippen molar-refractivity contribution in [2.75, 3.05) is 0 Å². The van der Waals surface area contributed by atoms with Gasteiger partial charge in [-0.1, -0.05) is 6.07 Å². The first kappa shape index (κ1) is 8.91. The number of rotatable bonds is 1. The first-order valence-electron chi connectivity index (χ1n) is 4.92. The zero-order valence-corrected chi connectivity index (χ0v) is 8.41. The first-order chi connectivity index (χ1) is 7.86. The number of aromatic hydroxyl groups is 1. The first-order valence-corrected chi connectivity index (χ1v) is 4.92. The molecular weight excluding hydrogens is 202 g/mol. The maximum atomic E-state index is 9.80. The van der Waals surface area contributed by atoms with E-state index < -0.39 is 0 Å². The summed E-state index contributed by atoms with van der Waals surface area (Å²) in [6.07, 6.45) is 5.16. The van der Waals surface area contributed by atoms with Crippen molar-refractivity contribution in [3.8, 4) is 17.3 Å². The van der Waals surface area contributed by atoms with Gasteiger partial charge in [0.05, 0.1) is 11.7 Å². The van der Waals surface area contributed by atoms with Crippen LogP contribution in [-0.2, 0) is 0 Å². The molecule has 3 aromatic heterocycles. The topological polar surface area (TPSA) is 50.4 Å². The third kappa shape index (κ3) is 1.24. The fourth-order valence-electron chi connectivity index (χ4n) is 1.73. The van der Waals surface area contributed by atoms with Crippen LogP contribution in [0.1, 0.15) is 0 Å². The summed E-state index contributed by atoms with van der Waals surface area (Å²) >= 11 is 0. The van der Waals surface area contributed by atoms with Gasteiger partial charge in [-0.15, -0.1) is 0 Å². The molecule has 0 saturated carbocycles. The van der Waals surface area contributed by atoms with E-state index in [4.69, 9.17) is 0 Å². The van der Waals surface area contributed by atoms with Crippen LogP contribution in [0, 0.1) is 0 Å². The molecule has 1 N–H and O–H groups in total. The number of fused-ring (bicyclic) bond motifs is 1. The zero-order valence-electron chi connectivity index (χ0n) is 8.41. The fourth-order valence-corrected chi connectivity index (χ4v) is 1.73. The maximum Gasteiger partial charge on any atom is 0.197 e.